The number of carbonyl (C=O) groups excluding carboxylic acids is 2. The van der Waals surface area contributed by atoms with Crippen molar-refractivity contribution in [3.8, 4) is 5.75 Å². The second kappa shape index (κ2) is 10.9. The van der Waals surface area contributed by atoms with Crippen molar-refractivity contribution in [1.29, 1.82) is 0 Å². The van der Waals surface area contributed by atoms with E-state index in [1.165, 1.54) is 6.07 Å². The quantitative estimate of drug-likeness (QED) is 0.461. The molecule has 0 saturated heterocycles. The van der Waals surface area contributed by atoms with Crippen LogP contribution in [0.4, 0.5) is 11.4 Å². The van der Waals surface area contributed by atoms with E-state index < -0.39 is 22.0 Å². The van der Waals surface area contributed by atoms with Crippen LogP contribution in [0.2, 0.25) is 0 Å². The molecule has 1 unspecified atom stereocenters. The van der Waals surface area contributed by atoms with E-state index in [0.717, 1.165) is 16.8 Å². The molecule has 3 aromatic carbocycles. The fourth-order valence-electron chi connectivity index (χ4n) is 4.19. The number of rotatable bonds is 9. The van der Waals surface area contributed by atoms with E-state index in [-0.39, 0.29) is 17.2 Å². The summed E-state index contributed by atoms with van der Waals surface area (Å²) in [5.41, 5.74) is 2.87. The molecule has 1 aliphatic heterocycles. The van der Waals surface area contributed by atoms with Crippen LogP contribution in [0.15, 0.2) is 77.7 Å². The third-order valence-corrected chi connectivity index (χ3v) is 7.58. The highest BCUT2D eigenvalue weighted by Crippen LogP contribution is 2.31. The van der Waals surface area contributed by atoms with Crippen molar-refractivity contribution in [2.75, 3.05) is 23.9 Å². The molecule has 1 heterocycles. The van der Waals surface area contributed by atoms with Crippen LogP contribution in [0, 0.1) is 0 Å². The van der Waals surface area contributed by atoms with Crippen LogP contribution >= 0.6 is 0 Å². The zero-order chi connectivity index (χ0) is 25.7. The second-order valence-electron chi connectivity index (χ2n) is 8.52. The zero-order valence-electron chi connectivity index (χ0n) is 20.2. The van der Waals surface area contributed by atoms with Crippen LogP contribution in [0.3, 0.4) is 0 Å². The van der Waals surface area contributed by atoms with Gasteiger partial charge < -0.3 is 15.0 Å². The van der Waals surface area contributed by atoms with Crippen LogP contribution in [-0.4, -0.2) is 39.9 Å². The lowest BCUT2D eigenvalue weighted by atomic mass is 10.1. The SMILES string of the molecule is CCC(=O)N1CCc2cc(S(=O)(=O)NC(Cc3ccccc3)C(=O)Nc3ccc(OC)cc3)ccc21. The first-order valence-electron chi connectivity index (χ1n) is 11.7. The predicted molar refractivity (Wildman–Crippen MR) is 139 cm³/mol. The van der Waals surface area contributed by atoms with E-state index in [4.69, 9.17) is 4.74 Å². The minimum Gasteiger partial charge on any atom is -0.497 e. The number of methoxy groups -OCH3 is 1. The summed E-state index contributed by atoms with van der Waals surface area (Å²) in [5, 5.41) is 2.79. The molecule has 8 nitrogen and oxygen atoms in total. The van der Waals surface area contributed by atoms with E-state index in [1.54, 1.807) is 55.3 Å². The molecule has 0 spiro atoms. The molecule has 1 atom stereocenters. The van der Waals surface area contributed by atoms with E-state index >= 15 is 0 Å². The molecular formula is C27H29N3O5S. The molecule has 0 fully saturated rings. The molecule has 0 aromatic heterocycles. The van der Waals surface area contributed by atoms with Gasteiger partial charge in [-0.3, -0.25) is 9.59 Å². The van der Waals surface area contributed by atoms with Gasteiger partial charge in [0, 0.05) is 24.3 Å². The Kier molecular flexibility index (Phi) is 7.71. The van der Waals surface area contributed by atoms with Crippen molar-refractivity contribution in [3.63, 3.8) is 0 Å². The largest absolute Gasteiger partial charge is 0.497 e. The van der Waals surface area contributed by atoms with Crippen molar-refractivity contribution in [2.24, 2.45) is 0 Å². The Morgan fingerprint density at radius 3 is 2.42 bits per heavy atom. The van der Waals surface area contributed by atoms with Crippen LogP contribution in [0.5, 0.6) is 5.75 Å². The lowest BCUT2D eigenvalue weighted by Gasteiger charge is -2.20. The summed E-state index contributed by atoms with van der Waals surface area (Å²) in [5.74, 6) is 0.166. The lowest BCUT2D eigenvalue weighted by molar-refractivity contribution is -0.118. The molecule has 2 amide bonds. The van der Waals surface area contributed by atoms with Crippen LogP contribution in [0.25, 0.3) is 0 Å². The maximum absolute atomic E-state index is 13.4. The molecule has 4 rings (SSSR count). The standard InChI is InChI=1S/C27H29N3O5S/c1-3-26(31)30-16-15-20-18-23(13-14-25(20)30)36(33,34)29-24(17-19-7-5-4-6-8-19)27(32)28-21-9-11-22(35-2)12-10-21/h4-14,18,24,29H,3,15-17H2,1-2H3,(H,28,32). The molecule has 0 saturated carbocycles. The van der Waals surface area contributed by atoms with Gasteiger partial charge in [-0.1, -0.05) is 37.3 Å². The summed E-state index contributed by atoms with van der Waals surface area (Å²) in [7, 11) is -2.47. The van der Waals surface area contributed by atoms with E-state index in [0.29, 0.717) is 30.8 Å². The van der Waals surface area contributed by atoms with Gasteiger partial charge >= 0.3 is 0 Å². The number of benzene rings is 3. The monoisotopic (exact) mass is 507 g/mol. The minimum atomic E-state index is -4.03. The molecule has 0 aliphatic carbocycles. The first-order chi connectivity index (χ1) is 17.3. The number of fused-ring (bicyclic) bond motifs is 1. The molecule has 3 aromatic rings. The summed E-state index contributed by atoms with van der Waals surface area (Å²) in [6.45, 7) is 2.33. The van der Waals surface area contributed by atoms with Crippen molar-refractivity contribution in [1.82, 2.24) is 4.72 Å². The van der Waals surface area contributed by atoms with Crippen LogP contribution < -0.4 is 19.7 Å². The van der Waals surface area contributed by atoms with Gasteiger partial charge in [-0.05, 0) is 66.4 Å². The molecule has 0 radical (unpaired) electrons. The lowest BCUT2D eigenvalue weighted by Crippen LogP contribution is -2.45. The van der Waals surface area contributed by atoms with Crippen LogP contribution in [-0.2, 0) is 32.5 Å². The number of nitrogens with one attached hydrogen (secondary N) is 2. The number of hydrogen-bond donors (Lipinski definition) is 2. The Balaban J connectivity index is 1.57. The second-order valence-corrected chi connectivity index (χ2v) is 10.2. The maximum atomic E-state index is 13.4. The van der Waals surface area contributed by atoms with Crippen molar-refractivity contribution in [3.05, 3.63) is 83.9 Å². The predicted octanol–water partition coefficient (Wildman–Crippen LogP) is 3.52. The maximum Gasteiger partial charge on any atom is 0.242 e. The average Bonchev–Trinajstić information content (AvgIpc) is 3.32. The van der Waals surface area contributed by atoms with E-state index in [1.807, 2.05) is 30.3 Å². The molecule has 36 heavy (non-hydrogen) atoms. The topological polar surface area (TPSA) is 105 Å². The van der Waals surface area contributed by atoms with E-state index in [9.17, 15) is 18.0 Å². The number of carbonyl (C=O) groups is 2. The van der Waals surface area contributed by atoms with Gasteiger partial charge in [-0.2, -0.15) is 4.72 Å². The Bertz CT molecular complexity index is 1340. The molecule has 0 bridgehead atoms. The van der Waals surface area contributed by atoms with Gasteiger partial charge in [-0.25, -0.2) is 8.42 Å². The minimum absolute atomic E-state index is 0.000565. The summed E-state index contributed by atoms with van der Waals surface area (Å²) in [6, 6.07) is 19.7. The van der Waals surface area contributed by atoms with Crippen molar-refractivity contribution in [2.45, 2.75) is 37.1 Å². The molecule has 1 aliphatic rings. The highest BCUT2D eigenvalue weighted by Gasteiger charge is 2.29. The molecular weight excluding hydrogens is 478 g/mol. The van der Waals surface area contributed by atoms with E-state index in [2.05, 4.69) is 10.0 Å². The van der Waals surface area contributed by atoms with Gasteiger partial charge in [0.15, 0.2) is 0 Å². The number of amides is 2. The zero-order valence-corrected chi connectivity index (χ0v) is 21.0. The third kappa shape index (κ3) is 5.75. The first-order valence-corrected chi connectivity index (χ1v) is 13.2. The van der Waals surface area contributed by atoms with Crippen molar-refractivity contribution < 1.29 is 22.7 Å². The van der Waals surface area contributed by atoms with Gasteiger partial charge in [0.1, 0.15) is 11.8 Å². The Morgan fingerprint density at radius 1 is 1.03 bits per heavy atom. The normalized spacial score (nSPS) is 13.7. The fourth-order valence-corrected chi connectivity index (χ4v) is 5.44. The summed E-state index contributed by atoms with van der Waals surface area (Å²) in [6.07, 6.45) is 1.13. The summed E-state index contributed by atoms with van der Waals surface area (Å²) in [4.78, 5) is 27.1. The molecule has 9 heteroatoms. The highest BCUT2D eigenvalue weighted by molar-refractivity contribution is 7.89. The number of ether oxygens (including phenoxy) is 1. The highest BCUT2D eigenvalue weighted by atomic mass is 32.2. The number of sulfonamides is 1. The Hall–Kier alpha value is -3.69. The van der Waals surface area contributed by atoms with Gasteiger partial charge in [-0.15, -0.1) is 0 Å². The van der Waals surface area contributed by atoms with Crippen molar-refractivity contribution >= 4 is 33.2 Å². The van der Waals surface area contributed by atoms with Gasteiger partial charge in [0.05, 0.1) is 12.0 Å². The fraction of sp³-hybridized carbons (Fsp3) is 0.259. The molecule has 2 N–H and O–H groups in total. The molecule has 188 valence electrons. The first kappa shape index (κ1) is 25.4. The Labute approximate surface area is 211 Å². The Morgan fingerprint density at radius 2 is 1.75 bits per heavy atom. The number of hydrogen-bond acceptors (Lipinski definition) is 5. The smallest absolute Gasteiger partial charge is 0.242 e. The van der Waals surface area contributed by atoms with Gasteiger partial charge in [0.25, 0.3) is 0 Å². The number of anilines is 2. The van der Waals surface area contributed by atoms with Crippen LogP contribution in [0.1, 0.15) is 24.5 Å². The van der Waals surface area contributed by atoms with Gasteiger partial charge in [0.2, 0.25) is 21.8 Å². The average molecular weight is 508 g/mol. The third-order valence-electron chi connectivity index (χ3n) is 6.11. The summed E-state index contributed by atoms with van der Waals surface area (Å²) >= 11 is 0. The summed E-state index contributed by atoms with van der Waals surface area (Å²) < 4.78 is 34.5. The number of nitrogens with zero attached hydrogens (tertiary/aromatic N) is 1.